The van der Waals surface area contributed by atoms with Gasteiger partial charge in [0.15, 0.2) is 6.61 Å². The number of aromatic amines is 1. The number of nitrogens with zero attached hydrogens (tertiary/aromatic N) is 1. The van der Waals surface area contributed by atoms with Crippen molar-refractivity contribution in [2.75, 3.05) is 24.7 Å². The van der Waals surface area contributed by atoms with Crippen LogP contribution < -0.4 is 9.64 Å². The molecule has 1 aliphatic rings. The standard InChI is InChI=1S/C23H22N2O5/c1-2-15-6-5-7-16-17(12-24-23(15)16)19(26)14-30-22(28)13-25-18-8-3-4-9-20(18)29-11-10-21(25)27/h3-9,12,24H,2,10-11,13-14H2,1H3. The Morgan fingerprint density at radius 2 is 2.00 bits per heavy atom. The predicted molar refractivity (Wildman–Crippen MR) is 112 cm³/mol. The van der Waals surface area contributed by atoms with Crippen LogP contribution in [0, 0.1) is 0 Å². The Morgan fingerprint density at radius 1 is 1.17 bits per heavy atom. The minimum absolute atomic E-state index is 0.163. The van der Waals surface area contributed by atoms with Gasteiger partial charge in [-0.2, -0.15) is 0 Å². The number of aromatic nitrogens is 1. The van der Waals surface area contributed by atoms with Gasteiger partial charge in [-0.3, -0.25) is 19.3 Å². The van der Waals surface area contributed by atoms with Crippen molar-refractivity contribution >= 4 is 34.3 Å². The second-order valence-electron chi connectivity index (χ2n) is 7.03. The molecule has 3 aromatic rings. The van der Waals surface area contributed by atoms with E-state index in [1.54, 1.807) is 30.5 Å². The van der Waals surface area contributed by atoms with Crippen molar-refractivity contribution < 1.29 is 23.9 Å². The van der Waals surface area contributed by atoms with Crippen LogP contribution in [0.3, 0.4) is 0 Å². The van der Waals surface area contributed by atoms with Crippen molar-refractivity contribution in [3.63, 3.8) is 0 Å². The third-order valence-electron chi connectivity index (χ3n) is 5.17. The van der Waals surface area contributed by atoms with Gasteiger partial charge >= 0.3 is 5.97 Å². The van der Waals surface area contributed by atoms with Crippen LogP contribution in [-0.4, -0.2) is 42.4 Å². The van der Waals surface area contributed by atoms with E-state index < -0.39 is 5.97 Å². The Kier molecular flexibility index (Phi) is 5.52. The molecule has 1 amide bonds. The highest BCUT2D eigenvalue weighted by Crippen LogP contribution is 2.30. The molecule has 0 spiro atoms. The Hall–Kier alpha value is -3.61. The molecule has 2 aromatic carbocycles. The van der Waals surface area contributed by atoms with Gasteiger partial charge in [-0.15, -0.1) is 0 Å². The summed E-state index contributed by atoms with van der Waals surface area (Å²) < 4.78 is 10.8. The van der Waals surface area contributed by atoms with Crippen LogP contribution in [0.4, 0.5) is 5.69 Å². The van der Waals surface area contributed by atoms with Crippen molar-refractivity contribution in [3.8, 4) is 5.75 Å². The Morgan fingerprint density at radius 3 is 2.83 bits per heavy atom. The predicted octanol–water partition coefficient (Wildman–Crippen LogP) is 3.27. The SMILES string of the molecule is CCc1cccc2c(C(=O)COC(=O)CN3C(=O)CCOc4ccccc43)c[nH]c12. The summed E-state index contributed by atoms with van der Waals surface area (Å²) in [6.07, 6.45) is 2.65. The van der Waals surface area contributed by atoms with Crippen molar-refractivity contribution in [2.24, 2.45) is 0 Å². The molecule has 4 rings (SSSR count). The molecule has 0 aliphatic carbocycles. The molecule has 7 nitrogen and oxygen atoms in total. The number of carbonyl (C=O) groups is 3. The van der Waals surface area contributed by atoms with Crippen LogP contribution in [0.25, 0.3) is 10.9 Å². The summed E-state index contributed by atoms with van der Waals surface area (Å²) in [5.41, 5.74) is 3.04. The quantitative estimate of drug-likeness (QED) is 0.501. The molecule has 0 saturated carbocycles. The number of amides is 1. The monoisotopic (exact) mass is 406 g/mol. The third kappa shape index (κ3) is 3.78. The van der Waals surface area contributed by atoms with Crippen molar-refractivity contribution in [3.05, 3.63) is 59.8 Å². The zero-order valence-corrected chi connectivity index (χ0v) is 16.6. The van der Waals surface area contributed by atoms with Crippen LogP contribution in [0.5, 0.6) is 5.75 Å². The molecular weight excluding hydrogens is 384 g/mol. The van der Waals surface area contributed by atoms with E-state index in [1.165, 1.54) is 4.90 Å². The summed E-state index contributed by atoms with van der Waals surface area (Å²) in [7, 11) is 0. The largest absolute Gasteiger partial charge is 0.491 e. The maximum absolute atomic E-state index is 12.6. The lowest BCUT2D eigenvalue weighted by Crippen LogP contribution is -2.36. The summed E-state index contributed by atoms with van der Waals surface area (Å²) >= 11 is 0. The number of Topliss-reactive ketones (excluding diaryl/α,β-unsaturated/α-hetero) is 1. The van der Waals surface area contributed by atoms with Crippen molar-refractivity contribution in [1.82, 2.24) is 4.98 Å². The van der Waals surface area contributed by atoms with Gasteiger partial charge in [-0.25, -0.2) is 0 Å². The number of anilines is 1. The molecule has 2 heterocycles. The summed E-state index contributed by atoms with van der Waals surface area (Å²) in [6.45, 7) is 1.63. The molecule has 0 unspecified atom stereocenters. The number of aryl methyl sites for hydroxylation is 1. The zero-order valence-electron chi connectivity index (χ0n) is 16.6. The molecular formula is C23H22N2O5. The number of fused-ring (bicyclic) bond motifs is 2. The number of hydrogen-bond donors (Lipinski definition) is 1. The lowest BCUT2D eigenvalue weighted by atomic mass is 10.1. The molecule has 0 atom stereocenters. The maximum atomic E-state index is 12.6. The topological polar surface area (TPSA) is 88.7 Å². The highest BCUT2D eigenvalue weighted by molar-refractivity contribution is 6.09. The molecule has 1 aromatic heterocycles. The first kappa shape index (κ1) is 19.7. The molecule has 1 N–H and O–H groups in total. The minimum Gasteiger partial charge on any atom is -0.491 e. The van der Waals surface area contributed by atoms with E-state index in [-0.39, 0.29) is 37.9 Å². The summed E-state index contributed by atoms with van der Waals surface area (Å²) in [6, 6.07) is 12.8. The summed E-state index contributed by atoms with van der Waals surface area (Å²) in [4.78, 5) is 41.9. The highest BCUT2D eigenvalue weighted by Gasteiger charge is 2.26. The number of ether oxygens (including phenoxy) is 2. The molecule has 154 valence electrons. The van der Waals surface area contributed by atoms with Gasteiger partial charge < -0.3 is 14.5 Å². The van der Waals surface area contributed by atoms with E-state index >= 15 is 0 Å². The first-order valence-corrected chi connectivity index (χ1v) is 9.88. The Balaban J connectivity index is 1.44. The fraction of sp³-hybridized carbons (Fsp3) is 0.261. The van der Waals surface area contributed by atoms with Crippen LogP contribution in [-0.2, 0) is 20.7 Å². The van der Waals surface area contributed by atoms with E-state index in [0.717, 1.165) is 22.9 Å². The molecule has 0 fully saturated rings. The van der Waals surface area contributed by atoms with Gasteiger partial charge in [0.1, 0.15) is 12.3 Å². The lowest BCUT2D eigenvalue weighted by Gasteiger charge is -2.20. The number of carbonyl (C=O) groups excluding carboxylic acids is 3. The second-order valence-corrected chi connectivity index (χ2v) is 7.03. The molecule has 0 saturated heterocycles. The lowest BCUT2D eigenvalue weighted by molar-refractivity contribution is -0.141. The number of benzene rings is 2. The van der Waals surface area contributed by atoms with Crippen LogP contribution in [0.1, 0.15) is 29.3 Å². The average molecular weight is 406 g/mol. The van der Waals surface area contributed by atoms with Gasteiger partial charge in [-0.05, 0) is 24.1 Å². The fourth-order valence-corrected chi connectivity index (χ4v) is 3.63. The van der Waals surface area contributed by atoms with Crippen molar-refractivity contribution in [1.29, 1.82) is 0 Å². The number of hydrogen-bond acceptors (Lipinski definition) is 5. The number of H-pyrrole nitrogens is 1. The number of ketones is 1. The average Bonchev–Trinajstić information content (AvgIpc) is 3.14. The number of esters is 1. The van der Waals surface area contributed by atoms with Crippen LogP contribution in [0.2, 0.25) is 0 Å². The second kappa shape index (κ2) is 8.41. The Bertz CT molecular complexity index is 1120. The minimum atomic E-state index is -0.650. The molecule has 1 aliphatic heterocycles. The van der Waals surface area contributed by atoms with E-state index in [1.807, 2.05) is 25.1 Å². The first-order chi connectivity index (χ1) is 14.6. The van der Waals surface area contributed by atoms with Gasteiger partial charge in [0.2, 0.25) is 11.7 Å². The Labute approximate surface area is 173 Å². The van der Waals surface area contributed by atoms with E-state index in [0.29, 0.717) is 17.0 Å². The van der Waals surface area contributed by atoms with Crippen LogP contribution in [0.15, 0.2) is 48.7 Å². The highest BCUT2D eigenvalue weighted by atomic mass is 16.5. The van der Waals surface area contributed by atoms with Gasteiger partial charge in [-0.1, -0.05) is 37.3 Å². The normalized spacial score (nSPS) is 13.5. The van der Waals surface area contributed by atoms with E-state index in [2.05, 4.69) is 4.98 Å². The fourth-order valence-electron chi connectivity index (χ4n) is 3.63. The van der Waals surface area contributed by atoms with Gasteiger partial charge in [0.25, 0.3) is 0 Å². The first-order valence-electron chi connectivity index (χ1n) is 9.88. The third-order valence-corrected chi connectivity index (χ3v) is 5.17. The molecule has 7 heteroatoms. The van der Waals surface area contributed by atoms with E-state index in [4.69, 9.17) is 9.47 Å². The van der Waals surface area contributed by atoms with E-state index in [9.17, 15) is 14.4 Å². The van der Waals surface area contributed by atoms with Crippen molar-refractivity contribution in [2.45, 2.75) is 19.8 Å². The summed E-state index contributed by atoms with van der Waals surface area (Å²) in [5.74, 6) is -0.638. The van der Waals surface area contributed by atoms with Crippen LogP contribution >= 0.6 is 0 Å². The number of nitrogens with one attached hydrogen (secondary N) is 1. The molecule has 30 heavy (non-hydrogen) atoms. The number of para-hydroxylation sites is 3. The summed E-state index contributed by atoms with van der Waals surface area (Å²) in [5, 5.41) is 0.809. The molecule has 0 radical (unpaired) electrons. The maximum Gasteiger partial charge on any atom is 0.326 e. The zero-order chi connectivity index (χ0) is 21.1. The molecule has 0 bridgehead atoms. The van der Waals surface area contributed by atoms with Gasteiger partial charge in [0.05, 0.1) is 18.7 Å². The smallest absolute Gasteiger partial charge is 0.326 e. The van der Waals surface area contributed by atoms with Gasteiger partial charge in [0, 0.05) is 22.7 Å². The number of rotatable bonds is 6.